The molecule has 3 aromatic carbocycles. The second kappa shape index (κ2) is 9.31. The highest BCUT2D eigenvalue weighted by Gasteiger charge is 2.52. The van der Waals surface area contributed by atoms with Crippen LogP contribution < -0.4 is 15.3 Å². The van der Waals surface area contributed by atoms with Gasteiger partial charge in [0, 0.05) is 18.4 Å². The Hall–Kier alpha value is -3.59. The van der Waals surface area contributed by atoms with Gasteiger partial charge in [0.15, 0.2) is 11.6 Å². The van der Waals surface area contributed by atoms with Crippen molar-refractivity contribution in [3.63, 3.8) is 0 Å². The van der Waals surface area contributed by atoms with Crippen LogP contribution in [0, 0.1) is 5.92 Å². The maximum absolute atomic E-state index is 14.2. The van der Waals surface area contributed by atoms with Crippen LogP contribution in [0.1, 0.15) is 28.4 Å². The number of Topliss-reactive ketones (excluding diaryl/α,β-unsaturated/α-hetero) is 2. The van der Waals surface area contributed by atoms with Crippen LogP contribution in [0.4, 0.5) is 11.4 Å². The largest absolute Gasteiger partial charge is 0.348 e. The molecule has 3 unspecified atom stereocenters. The van der Waals surface area contributed by atoms with Crippen molar-refractivity contribution in [3.05, 3.63) is 89.5 Å². The van der Waals surface area contributed by atoms with E-state index >= 15 is 0 Å². The molecule has 196 valence electrons. The maximum Gasteiger partial charge on any atom is 0.348 e. The van der Waals surface area contributed by atoms with Crippen LogP contribution in [0.2, 0.25) is 0 Å². The standard InChI is InChI=1S/C27H26N3O6PS/c1-27(16-17-9-5-4-6-10-17)20-12-8-7-11-19(20)24(31)23(25(27)32)26-28-21-14-13-18(30-38(3,34)35)15-22(21)37(33,29-26)36-2/h4-15,23,30H,16H2,1-3H3,(H,28,29,33). The van der Waals surface area contributed by atoms with Crippen molar-refractivity contribution in [2.75, 3.05) is 23.4 Å². The van der Waals surface area contributed by atoms with Gasteiger partial charge in [-0.2, -0.15) is 4.76 Å². The van der Waals surface area contributed by atoms with Gasteiger partial charge in [0.1, 0.15) is 11.8 Å². The fraction of sp³-hybridized carbons (Fsp3) is 0.222. The molecule has 2 aliphatic rings. The molecule has 1 aliphatic heterocycles. The number of rotatable bonds is 6. The van der Waals surface area contributed by atoms with E-state index in [0.29, 0.717) is 23.2 Å². The number of anilines is 2. The van der Waals surface area contributed by atoms with Crippen LogP contribution in [0.15, 0.2) is 77.6 Å². The average molecular weight is 552 g/mol. The molecule has 0 fully saturated rings. The van der Waals surface area contributed by atoms with Gasteiger partial charge in [-0.15, -0.1) is 0 Å². The number of hydrogen-bond donors (Lipinski definition) is 2. The lowest BCUT2D eigenvalue weighted by Gasteiger charge is -2.39. The second-order valence-corrected chi connectivity index (χ2v) is 13.5. The summed E-state index contributed by atoms with van der Waals surface area (Å²) in [5.74, 6) is -2.19. The van der Waals surface area contributed by atoms with Crippen molar-refractivity contribution < 1.29 is 27.1 Å². The van der Waals surface area contributed by atoms with E-state index in [0.717, 1.165) is 11.8 Å². The molecule has 0 amide bonds. The van der Waals surface area contributed by atoms with Crippen LogP contribution in [0.25, 0.3) is 0 Å². The molecule has 0 aromatic heterocycles. The molecule has 2 N–H and O–H groups in total. The molecule has 0 saturated carbocycles. The number of nitrogens with one attached hydrogen (secondary N) is 2. The summed E-state index contributed by atoms with van der Waals surface area (Å²) in [5.41, 5.74) is 1.41. The number of amidine groups is 1. The Morgan fingerprint density at radius 2 is 1.74 bits per heavy atom. The minimum atomic E-state index is -3.96. The fourth-order valence-corrected chi connectivity index (χ4v) is 7.24. The summed E-state index contributed by atoms with van der Waals surface area (Å²) >= 11 is 0. The molecule has 9 nitrogen and oxygen atoms in total. The summed E-state index contributed by atoms with van der Waals surface area (Å²) in [6.07, 6.45) is 1.36. The SMILES string of the molecule is COP1(=O)N=C(C2C(=O)c3ccccc3C(C)(Cc3ccccc3)C2=O)Nc2ccc(NS(C)(=O)=O)cc21. The molecule has 0 bridgehead atoms. The number of ketones is 2. The predicted octanol–water partition coefficient (Wildman–Crippen LogP) is 3.93. The number of sulfonamides is 1. The van der Waals surface area contributed by atoms with E-state index in [4.69, 9.17) is 4.52 Å². The van der Waals surface area contributed by atoms with Crippen LogP contribution in [-0.4, -0.2) is 39.2 Å². The van der Waals surface area contributed by atoms with Crippen molar-refractivity contribution in [3.8, 4) is 0 Å². The number of fused-ring (bicyclic) bond motifs is 2. The molecule has 3 atom stereocenters. The van der Waals surface area contributed by atoms with Gasteiger partial charge in [-0.05, 0) is 42.7 Å². The summed E-state index contributed by atoms with van der Waals surface area (Å²) in [6.45, 7) is 1.82. The van der Waals surface area contributed by atoms with E-state index in [9.17, 15) is 22.6 Å². The molecule has 11 heteroatoms. The fourth-order valence-electron chi connectivity index (χ4n) is 5.12. The number of benzene rings is 3. The molecule has 1 heterocycles. The molecular formula is C27H26N3O6PS. The van der Waals surface area contributed by atoms with Gasteiger partial charge in [0.25, 0.3) is 0 Å². The summed E-state index contributed by atoms with van der Waals surface area (Å²) < 4.78 is 49.2. The van der Waals surface area contributed by atoms with Gasteiger partial charge in [0.05, 0.1) is 22.7 Å². The first-order valence-corrected chi connectivity index (χ1v) is 15.3. The second-order valence-electron chi connectivity index (χ2n) is 9.62. The van der Waals surface area contributed by atoms with E-state index in [2.05, 4.69) is 14.8 Å². The van der Waals surface area contributed by atoms with Gasteiger partial charge >= 0.3 is 7.52 Å². The van der Waals surface area contributed by atoms with Gasteiger partial charge in [-0.3, -0.25) is 18.9 Å². The van der Waals surface area contributed by atoms with Crippen molar-refractivity contribution >= 4 is 51.6 Å². The van der Waals surface area contributed by atoms with E-state index in [1.165, 1.54) is 25.3 Å². The number of carbonyl (C=O) groups is 2. The summed E-state index contributed by atoms with van der Waals surface area (Å²) in [6, 6.07) is 20.9. The molecular weight excluding hydrogens is 525 g/mol. The third-order valence-corrected chi connectivity index (χ3v) is 9.44. The molecule has 3 aromatic rings. The Kier molecular flexibility index (Phi) is 6.38. The van der Waals surface area contributed by atoms with Gasteiger partial charge < -0.3 is 9.84 Å². The van der Waals surface area contributed by atoms with E-state index < -0.39 is 34.7 Å². The first kappa shape index (κ1) is 26.0. The van der Waals surface area contributed by atoms with Crippen molar-refractivity contribution in [2.45, 2.75) is 18.8 Å². The lowest BCUT2D eigenvalue weighted by atomic mass is 9.63. The highest BCUT2D eigenvalue weighted by Crippen LogP contribution is 2.52. The summed E-state index contributed by atoms with van der Waals surface area (Å²) in [7, 11) is -6.33. The van der Waals surface area contributed by atoms with E-state index in [1.54, 1.807) is 24.3 Å². The maximum atomic E-state index is 14.2. The zero-order valence-corrected chi connectivity index (χ0v) is 22.7. The molecule has 0 radical (unpaired) electrons. The lowest BCUT2D eigenvalue weighted by Crippen LogP contribution is -2.52. The van der Waals surface area contributed by atoms with Crippen LogP contribution in [-0.2, 0) is 35.7 Å². The van der Waals surface area contributed by atoms with E-state index in [1.807, 2.05) is 37.3 Å². The van der Waals surface area contributed by atoms with Gasteiger partial charge in [-0.1, -0.05) is 54.6 Å². The van der Waals surface area contributed by atoms with Gasteiger partial charge in [-0.25, -0.2) is 8.42 Å². The van der Waals surface area contributed by atoms with Crippen molar-refractivity contribution in [1.29, 1.82) is 0 Å². The number of carbonyl (C=O) groups excluding carboxylic acids is 2. The molecule has 38 heavy (non-hydrogen) atoms. The highest BCUT2D eigenvalue weighted by atomic mass is 32.2. The molecule has 0 spiro atoms. The minimum Gasteiger partial charge on any atom is -0.342 e. The van der Waals surface area contributed by atoms with Crippen LogP contribution in [0.5, 0.6) is 0 Å². The summed E-state index contributed by atoms with van der Waals surface area (Å²) in [4.78, 5) is 27.9. The lowest BCUT2D eigenvalue weighted by molar-refractivity contribution is -0.125. The number of hydrogen-bond acceptors (Lipinski definition) is 7. The Balaban J connectivity index is 1.61. The highest BCUT2D eigenvalue weighted by molar-refractivity contribution is 7.92. The van der Waals surface area contributed by atoms with E-state index in [-0.39, 0.29) is 22.6 Å². The summed E-state index contributed by atoms with van der Waals surface area (Å²) in [5, 5.41) is 3.14. The molecule has 0 saturated heterocycles. The third kappa shape index (κ3) is 4.49. The first-order chi connectivity index (χ1) is 17.9. The Morgan fingerprint density at radius 3 is 2.42 bits per heavy atom. The Morgan fingerprint density at radius 1 is 1.05 bits per heavy atom. The monoisotopic (exact) mass is 551 g/mol. The minimum absolute atomic E-state index is 0.0599. The molecule has 1 aliphatic carbocycles. The predicted molar refractivity (Wildman–Crippen MR) is 147 cm³/mol. The number of nitrogens with zero attached hydrogens (tertiary/aromatic N) is 1. The normalized spacial score (nSPS) is 24.6. The zero-order valence-electron chi connectivity index (χ0n) is 21.0. The first-order valence-electron chi connectivity index (χ1n) is 11.8. The third-order valence-electron chi connectivity index (χ3n) is 6.88. The quantitative estimate of drug-likeness (QED) is 0.351. The average Bonchev–Trinajstić information content (AvgIpc) is 2.88. The van der Waals surface area contributed by atoms with Crippen LogP contribution >= 0.6 is 7.52 Å². The molecule has 5 rings (SSSR count). The van der Waals surface area contributed by atoms with Crippen LogP contribution in [0.3, 0.4) is 0 Å². The zero-order chi connectivity index (χ0) is 27.3. The van der Waals surface area contributed by atoms with Crippen molar-refractivity contribution in [2.24, 2.45) is 10.7 Å². The smallest absolute Gasteiger partial charge is 0.342 e. The Bertz CT molecular complexity index is 1650. The van der Waals surface area contributed by atoms with Gasteiger partial charge in [0.2, 0.25) is 10.0 Å². The topological polar surface area (TPSA) is 131 Å². The van der Waals surface area contributed by atoms with Crippen molar-refractivity contribution in [1.82, 2.24) is 0 Å². The Labute approximate surface area is 220 Å².